The molecule has 13 N–H and O–H groups in total. The third kappa shape index (κ3) is 5.63. The van der Waals surface area contributed by atoms with E-state index in [2.05, 4.69) is 10.6 Å². The lowest BCUT2D eigenvalue weighted by atomic mass is 9.84. The van der Waals surface area contributed by atoms with Gasteiger partial charge in [0.15, 0.2) is 6.29 Å². The Balaban J connectivity index is 2.03. The molecule has 176 valence electrons. The molecule has 30 heavy (non-hydrogen) atoms. The zero-order valence-electron chi connectivity index (χ0n) is 16.9. The number of nitrogens with one attached hydrogen (secondary N) is 2. The van der Waals surface area contributed by atoms with Gasteiger partial charge in [-0.05, 0) is 26.4 Å². The molecule has 2 rings (SSSR count). The third-order valence-electron chi connectivity index (χ3n) is 5.56. The van der Waals surface area contributed by atoms with Crippen LogP contribution in [0.4, 0.5) is 0 Å². The van der Waals surface area contributed by atoms with Gasteiger partial charge in [-0.1, -0.05) is 0 Å². The van der Waals surface area contributed by atoms with Crippen molar-refractivity contribution in [3.8, 4) is 0 Å². The standard InChI is InChI=1S/C17H35N5O8/c1-21-5-9-12(25)13(26)10(20)17(29-9)30-15-6(19)4-7(11(24)14(15)27)22-16(28)8(23)2-3-18/h6-15,17,21,23-27H,2-5,18-20H2,1H3,(H,22,28)/t6-,7+,8+,9-,10-,11+,12+,13+,14-,15+,17-/m1/s1. The highest BCUT2D eigenvalue weighted by molar-refractivity contribution is 5.80. The van der Waals surface area contributed by atoms with Crippen LogP contribution in [0.15, 0.2) is 0 Å². The van der Waals surface area contributed by atoms with Gasteiger partial charge in [-0.2, -0.15) is 0 Å². The topological polar surface area (TPSA) is 239 Å². The molecule has 13 nitrogen and oxygen atoms in total. The lowest BCUT2D eigenvalue weighted by molar-refractivity contribution is -0.289. The number of carbonyl (C=O) groups is 1. The van der Waals surface area contributed by atoms with E-state index in [4.69, 9.17) is 26.7 Å². The summed E-state index contributed by atoms with van der Waals surface area (Å²) in [5.74, 6) is -0.729. The fourth-order valence-electron chi connectivity index (χ4n) is 3.75. The Bertz CT molecular complexity index is 560. The molecule has 0 aromatic carbocycles. The maximum absolute atomic E-state index is 12.0. The largest absolute Gasteiger partial charge is 0.388 e. The monoisotopic (exact) mass is 437 g/mol. The summed E-state index contributed by atoms with van der Waals surface area (Å²) in [6.07, 6.45) is -9.89. The van der Waals surface area contributed by atoms with Crippen LogP contribution in [0.25, 0.3) is 0 Å². The van der Waals surface area contributed by atoms with Crippen LogP contribution >= 0.6 is 0 Å². The maximum atomic E-state index is 12.0. The van der Waals surface area contributed by atoms with Crippen molar-refractivity contribution in [1.82, 2.24) is 10.6 Å². The Morgan fingerprint density at radius 2 is 1.83 bits per heavy atom. The molecule has 0 radical (unpaired) electrons. The van der Waals surface area contributed by atoms with Crippen LogP contribution in [0.2, 0.25) is 0 Å². The highest BCUT2D eigenvalue weighted by Crippen LogP contribution is 2.27. The summed E-state index contributed by atoms with van der Waals surface area (Å²) >= 11 is 0. The van der Waals surface area contributed by atoms with E-state index in [0.717, 1.165) is 0 Å². The number of aliphatic hydroxyl groups excluding tert-OH is 5. The van der Waals surface area contributed by atoms with Gasteiger partial charge in [-0.3, -0.25) is 4.79 Å². The summed E-state index contributed by atoms with van der Waals surface area (Å²) in [5.41, 5.74) is 17.3. The van der Waals surface area contributed by atoms with Gasteiger partial charge in [0.2, 0.25) is 5.91 Å². The smallest absolute Gasteiger partial charge is 0.249 e. The molecule has 2 fully saturated rings. The quantitative estimate of drug-likeness (QED) is 0.171. The second-order valence-electron chi connectivity index (χ2n) is 7.85. The van der Waals surface area contributed by atoms with Gasteiger partial charge < -0.3 is 62.8 Å². The van der Waals surface area contributed by atoms with Crippen molar-refractivity contribution in [2.75, 3.05) is 20.1 Å². The fourth-order valence-corrected chi connectivity index (χ4v) is 3.75. The first-order chi connectivity index (χ1) is 14.1. The summed E-state index contributed by atoms with van der Waals surface area (Å²) < 4.78 is 11.3. The molecule has 0 unspecified atom stereocenters. The zero-order chi connectivity index (χ0) is 22.6. The van der Waals surface area contributed by atoms with Gasteiger partial charge >= 0.3 is 0 Å². The first-order valence-corrected chi connectivity index (χ1v) is 9.99. The molecule has 2 aliphatic rings. The van der Waals surface area contributed by atoms with E-state index in [9.17, 15) is 30.3 Å². The van der Waals surface area contributed by atoms with Crippen LogP contribution in [0, 0.1) is 0 Å². The van der Waals surface area contributed by atoms with Gasteiger partial charge in [-0.15, -0.1) is 0 Å². The minimum absolute atomic E-state index is 0.0387. The van der Waals surface area contributed by atoms with Crippen LogP contribution in [0.5, 0.6) is 0 Å². The number of nitrogens with two attached hydrogens (primary N) is 3. The number of hydrogen-bond acceptors (Lipinski definition) is 12. The normalized spacial score (nSPS) is 43.2. The number of amides is 1. The number of hydrogen-bond donors (Lipinski definition) is 10. The van der Waals surface area contributed by atoms with Gasteiger partial charge in [0, 0.05) is 12.6 Å². The number of aliphatic hydroxyl groups is 5. The average molecular weight is 437 g/mol. The highest BCUT2D eigenvalue weighted by atomic mass is 16.7. The van der Waals surface area contributed by atoms with E-state index in [1.165, 1.54) is 0 Å². The first kappa shape index (κ1) is 25.3. The lowest BCUT2D eigenvalue weighted by Crippen LogP contribution is -2.68. The lowest BCUT2D eigenvalue weighted by Gasteiger charge is -2.46. The van der Waals surface area contributed by atoms with E-state index >= 15 is 0 Å². The molecule has 0 aromatic rings. The Kier molecular flexibility index (Phi) is 9.32. The molecule has 0 spiro atoms. The van der Waals surface area contributed by atoms with Crippen molar-refractivity contribution in [1.29, 1.82) is 0 Å². The molecule has 0 bridgehead atoms. The third-order valence-corrected chi connectivity index (χ3v) is 5.56. The van der Waals surface area contributed by atoms with Crippen LogP contribution in [-0.4, -0.2) is 119 Å². The number of rotatable bonds is 8. The summed E-state index contributed by atoms with van der Waals surface area (Å²) in [4.78, 5) is 12.0. The molecule has 1 aliphatic carbocycles. The molecule has 0 aromatic heterocycles. The Hall–Kier alpha value is -0.970. The summed E-state index contributed by atoms with van der Waals surface area (Å²) in [7, 11) is 1.64. The van der Waals surface area contributed by atoms with Crippen molar-refractivity contribution in [2.45, 2.75) is 80.0 Å². The Morgan fingerprint density at radius 3 is 2.43 bits per heavy atom. The number of ether oxygens (including phenoxy) is 2. The zero-order valence-corrected chi connectivity index (χ0v) is 16.9. The molecule has 13 heteroatoms. The Morgan fingerprint density at radius 1 is 1.17 bits per heavy atom. The van der Waals surface area contributed by atoms with Gasteiger partial charge in [0.1, 0.15) is 42.7 Å². The van der Waals surface area contributed by atoms with Crippen molar-refractivity contribution < 1.29 is 39.8 Å². The minimum atomic E-state index is -1.51. The van der Waals surface area contributed by atoms with Crippen molar-refractivity contribution in [3.63, 3.8) is 0 Å². The average Bonchev–Trinajstić information content (AvgIpc) is 2.70. The predicted octanol–water partition coefficient (Wildman–Crippen LogP) is -5.99. The van der Waals surface area contributed by atoms with E-state index < -0.39 is 73.1 Å². The van der Waals surface area contributed by atoms with Gasteiger partial charge in [-0.25, -0.2) is 0 Å². The SMILES string of the molecule is CNC[C@H]1O[C@H](O[C@@H]2[C@H](O)[C@@H](O)[C@@H](NC(=O)[C@@H](O)CCN)C[C@H]2N)[C@H](N)[C@H](O)[C@H]1O. The van der Waals surface area contributed by atoms with Gasteiger partial charge in [0.05, 0.1) is 12.1 Å². The van der Waals surface area contributed by atoms with Crippen molar-refractivity contribution >= 4 is 5.91 Å². The van der Waals surface area contributed by atoms with E-state index in [0.29, 0.717) is 0 Å². The summed E-state index contributed by atoms with van der Waals surface area (Å²) in [5, 5.41) is 56.2. The van der Waals surface area contributed by atoms with E-state index in [-0.39, 0.29) is 25.9 Å². The van der Waals surface area contributed by atoms with Crippen LogP contribution in [-0.2, 0) is 14.3 Å². The summed E-state index contributed by atoms with van der Waals surface area (Å²) in [6, 6.07) is -2.86. The second kappa shape index (κ2) is 11.1. The molecular formula is C17H35N5O8. The minimum Gasteiger partial charge on any atom is -0.388 e. The number of carbonyl (C=O) groups excluding carboxylic acids is 1. The molecule has 11 atom stereocenters. The second-order valence-corrected chi connectivity index (χ2v) is 7.85. The summed E-state index contributed by atoms with van der Waals surface area (Å²) in [6.45, 7) is 0.322. The molecule has 1 amide bonds. The molecule has 1 heterocycles. The predicted molar refractivity (Wildman–Crippen MR) is 104 cm³/mol. The maximum Gasteiger partial charge on any atom is 0.249 e. The van der Waals surface area contributed by atoms with Crippen LogP contribution < -0.4 is 27.8 Å². The van der Waals surface area contributed by atoms with Crippen LogP contribution in [0.1, 0.15) is 12.8 Å². The van der Waals surface area contributed by atoms with Crippen molar-refractivity contribution in [2.24, 2.45) is 17.2 Å². The fraction of sp³-hybridized carbons (Fsp3) is 0.941. The highest BCUT2D eigenvalue weighted by Gasteiger charge is 2.48. The molecule has 1 saturated heterocycles. The van der Waals surface area contributed by atoms with Crippen LogP contribution in [0.3, 0.4) is 0 Å². The molecule has 1 saturated carbocycles. The van der Waals surface area contributed by atoms with Gasteiger partial charge in [0.25, 0.3) is 0 Å². The van der Waals surface area contributed by atoms with Crippen molar-refractivity contribution in [3.05, 3.63) is 0 Å². The Labute approximate surface area is 174 Å². The van der Waals surface area contributed by atoms with E-state index in [1.807, 2.05) is 0 Å². The number of likely N-dealkylation sites (N-methyl/N-ethyl adjacent to an activating group) is 1. The first-order valence-electron chi connectivity index (χ1n) is 9.99. The molecular weight excluding hydrogens is 402 g/mol. The van der Waals surface area contributed by atoms with E-state index in [1.54, 1.807) is 7.05 Å². The molecule has 1 aliphatic heterocycles.